The van der Waals surface area contributed by atoms with Crippen LogP contribution in [0.15, 0.2) is 40.9 Å². The fraction of sp³-hybridized carbons (Fsp3) is 0.125. The van der Waals surface area contributed by atoms with Crippen molar-refractivity contribution in [1.29, 1.82) is 0 Å². The number of nitrogens with one attached hydrogen (secondary N) is 1. The van der Waals surface area contributed by atoms with E-state index in [2.05, 4.69) is 32.2 Å². The second kappa shape index (κ2) is 5.70. The second-order valence-corrected chi connectivity index (χ2v) is 6.44. The van der Waals surface area contributed by atoms with Gasteiger partial charge in [0.2, 0.25) is 0 Å². The lowest BCUT2D eigenvalue weighted by Gasteiger charge is -2.11. The zero-order valence-electron chi connectivity index (χ0n) is 12.1. The van der Waals surface area contributed by atoms with Crippen LogP contribution in [0, 0.1) is 18.6 Å². The predicted molar refractivity (Wildman–Crippen MR) is 93.0 cm³/mol. The fourth-order valence-electron chi connectivity index (χ4n) is 2.44. The van der Waals surface area contributed by atoms with Crippen LogP contribution in [0.25, 0.3) is 17.1 Å². The number of aromatic amines is 1. The van der Waals surface area contributed by atoms with Gasteiger partial charge < -0.3 is 5.11 Å². The van der Waals surface area contributed by atoms with Gasteiger partial charge >= 0.3 is 0 Å². The van der Waals surface area contributed by atoms with E-state index in [1.54, 1.807) is 12.1 Å². The molecule has 4 nitrogen and oxygen atoms in total. The lowest BCUT2D eigenvalue weighted by molar-refractivity contribution is 0.476. The lowest BCUT2D eigenvalue weighted by atomic mass is 10.1. The standard InChI is InChI=1S/C16H14BrN3OS/c1-9-3-5-13(10(2)7-9)20-15(18-19-16(20)22)12-8-11(17)4-6-14(12)21/h3-8,21H,1-2H3,(H,19,22). The molecule has 0 amide bonds. The minimum absolute atomic E-state index is 0.156. The van der Waals surface area contributed by atoms with Crippen molar-refractivity contribution in [2.24, 2.45) is 0 Å². The molecular formula is C16H14BrN3OS. The van der Waals surface area contributed by atoms with Crippen molar-refractivity contribution in [3.63, 3.8) is 0 Å². The Morgan fingerprint density at radius 2 is 1.95 bits per heavy atom. The summed E-state index contributed by atoms with van der Waals surface area (Å²) in [4.78, 5) is 0. The Balaban J connectivity index is 2.29. The predicted octanol–water partition coefficient (Wildman–Crippen LogP) is 4.68. The van der Waals surface area contributed by atoms with E-state index in [1.807, 2.05) is 36.6 Å². The number of hydrogen-bond acceptors (Lipinski definition) is 3. The van der Waals surface area contributed by atoms with E-state index in [0.29, 0.717) is 16.2 Å². The highest BCUT2D eigenvalue weighted by molar-refractivity contribution is 9.10. The third-order valence-electron chi connectivity index (χ3n) is 3.47. The zero-order chi connectivity index (χ0) is 15.9. The molecule has 0 saturated heterocycles. The first-order valence-electron chi connectivity index (χ1n) is 6.71. The quantitative estimate of drug-likeness (QED) is 0.639. The molecule has 0 bridgehead atoms. The molecule has 1 aromatic heterocycles. The Morgan fingerprint density at radius 1 is 1.18 bits per heavy atom. The summed E-state index contributed by atoms with van der Waals surface area (Å²) in [6, 6.07) is 11.4. The number of rotatable bonds is 2. The van der Waals surface area contributed by atoms with Gasteiger partial charge in [0, 0.05) is 4.47 Å². The summed E-state index contributed by atoms with van der Waals surface area (Å²) in [5.41, 5.74) is 3.83. The van der Waals surface area contributed by atoms with Crippen molar-refractivity contribution in [2.45, 2.75) is 13.8 Å². The smallest absolute Gasteiger partial charge is 0.200 e. The second-order valence-electron chi connectivity index (χ2n) is 5.14. The summed E-state index contributed by atoms with van der Waals surface area (Å²) in [6.45, 7) is 4.08. The van der Waals surface area contributed by atoms with Gasteiger partial charge in [0.05, 0.1) is 11.3 Å². The Morgan fingerprint density at radius 3 is 2.68 bits per heavy atom. The van der Waals surface area contributed by atoms with Crippen molar-refractivity contribution in [3.05, 3.63) is 56.8 Å². The van der Waals surface area contributed by atoms with Crippen LogP contribution in [0.4, 0.5) is 0 Å². The summed E-state index contributed by atoms with van der Waals surface area (Å²) >= 11 is 8.80. The minimum Gasteiger partial charge on any atom is -0.507 e. The molecule has 0 atom stereocenters. The first-order chi connectivity index (χ1) is 10.5. The molecule has 0 saturated carbocycles. The molecule has 0 aliphatic carbocycles. The van der Waals surface area contributed by atoms with Gasteiger partial charge in [-0.3, -0.25) is 9.67 Å². The van der Waals surface area contributed by atoms with Crippen LogP contribution in [-0.2, 0) is 0 Å². The number of nitrogens with zero attached hydrogens (tertiary/aromatic N) is 2. The number of hydrogen-bond donors (Lipinski definition) is 2. The number of phenols is 1. The molecule has 22 heavy (non-hydrogen) atoms. The van der Waals surface area contributed by atoms with Gasteiger partial charge in [0.1, 0.15) is 5.75 Å². The molecule has 2 N–H and O–H groups in total. The van der Waals surface area contributed by atoms with Gasteiger partial charge in [-0.05, 0) is 55.9 Å². The normalized spacial score (nSPS) is 10.9. The third-order valence-corrected chi connectivity index (χ3v) is 4.23. The summed E-state index contributed by atoms with van der Waals surface area (Å²) in [7, 11) is 0. The highest BCUT2D eigenvalue weighted by Gasteiger charge is 2.16. The van der Waals surface area contributed by atoms with E-state index in [1.165, 1.54) is 5.56 Å². The SMILES string of the molecule is Cc1ccc(-n2c(-c3cc(Br)ccc3O)n[nH]c2=S)c(C)c1. The van der Waals surface area contributed by atoms with Crippen LogP contribution in [0.2, 0.25) is 0 Å². The highest BCUT2D eigenvalue weighted by atomic mass is 79.9. The Bertz CT molecular complexity index is 914. The molecular weight excluding hydrogens is 362 g/mol. The van der Waals surface area contributed by atoms with E-state index in [4.69, 9.17) is 12.2 Å². The molecule has 0 aliphatic rings. The Labute approximate surface area is 141 Å². The maximum absolute atomic E-state index is 10.2. The van der Waals surface area contributed by atoms with Gasteiger partial charge in [-0.2, -0.15) is 5.10 Å². The molecule has 0 radical (unpaired) electrons. The molecule has 0 unspecified atom stereocenters. The summed E-state index contributed by atoms with van der Waals surface area (Å²) in [5, 5.41) is 17.3. The van der Waals surface area contributed by atoms with E-state index in [-0.39, 0.29) is 5.75 Å². The van der Waals surface area contributed by atoms with Gasteiger partial charge in [-0.15, -0.1) is 0 Å². The molecule has 3 aromatic rings. The molecule has 0 fully saturated rings. The first-order valence-corrected chi connectivity index (χ1v) is 7.91. The van der Waals surface area contributed by atoms with Crippen molar-refractivity contribution in [2.75, 3.05) is 0 Å². The van der Waals surface area contributed by atoms with Gasteiger partial charge in [0.25, 0.3) is 0 Å². The monoisotopic (exact) mass is 375 g/mol. The highest BCUT2D eigenvalue weighted by Crippen LogP contribution is 2.32. The molecule has 0 aliphatic heterocycles. The van der Waals surface area contributed by atoms with E-state index < -0.39 is 0 Å². The van der Waals surface area contributed by atoms with Crippen molar-refractivity contribution in [3.8, 4) is 22.8 Å². The topological polar surface area (TPSA) is 53.8 Å². The maximum atomic E-state index is 10.2. The van der Waals surface area contributed by atoms with Crippen LogP contribution in [0.1, 0.15) is 11.1 Å². The van der Waals surface area contributed by atoms with Crippen LogP contribution in [-0.4, -0.2) is 19.9 Å². The van der Waals surface area contributed by atoms with E-state index in [0.717, 1.165) is 15.7 Å². The van der Waals surface area contributed by atoms with Crippen molar-refractivity contribution in [1.82, 2.24) is 14.8 Å². The summed E-state index contributed by atoms with van der Waals surface area (Å²) < 4.78 is 3.19. The number of H-pyrrole nitrogens is 1. The number of halogens is 1. The van der Waals surface area contributed by atoms with Crippen LogP contribution in [0.5, 0.6) is 5.75 Å². The van der Waals surface area contributed by atoms with E-state index >= 15 is 0 Å². The minimum atomic E-state index is 0.156. The Hall–Kier alpha value is -1.92. The van der Waals surface area contributed by atoms with E-state index in [9.17, 15) is 5.11 Å². The lowest BCUT2D eigenvalue weighted by Crippen LogP contribution is -2.00. The fourth-order valence-corrected chi connectivity index (χ4v) is 3.04. The van der Waals surface area contributed by atoms with Gasteiger partial charge in [0.15, 0.2) is 10.6 Å². The van der Waals surface area contributed by atoms with Gasteiger partial charge in [-0.1, -0.05) is 33.6 Å². The number of aryl methyl sites for hydroxylation is 2. The number of phenolic OH excluding ortho intramolecular Hbond substituents is 1. The third kappa shape index (κ3) is 2.60. The van der Waals surface area contributed by atoms with Crippen LogP contribution >= 0.6 is 28.1 Å². The zero-order valence-corrected chi connectivity index (χ0v) is 14.5. The van der Waals surface area contributed by atoms with Crippen LogP contribution in [0.3, 0.4) is 0 Å². The average molecular weight is 376 g/mol. The molecule has 6 heteroatoms. The molecule has 0 spiro atoms. The van der Waals surface area contributed by atoms with Crippen molar-refractivity contribution >= 4 is 28.1 Å². The maximum Gasteiger partial charge on any atom is 0.200 e. The summed E-state index contributed by atoms with van der Waals surface area (Å²) in [6.07, 6.45) is 0. The van der Waals surface area contributed by atoms with Gasteiger partial charge in [-0.25, -0.2) is 0 Å². The van der Waals surface area contributed by atoms with Crippen molar-refractivity contribution < 1.29 is 5.11 Å². The molecule has 112 valence electrons. The largest absolute Gasteiger partial charge is 0.507 e. The summed E-state index contributed by atoms with van der Waals surface area (Å²) in [5.74, 6) is 0.735. The molecule has 1 heterocycles. The average Bonchev–Trinajstić information content (AvgIpc) is 2.83. The number of aromatic hydroxyl groups is 1. The first kappa shape index (κ1) is 15.0. The number of aromatic nitrogens is 3. The Kier molecular flexibility index (Phi) is 3.88. The molecule has 2 aromatic carbocycles. The van der Waals surface area contributed by atoms with Crippen LogP contribution < -0.4 is 0 Å². The number of benzene rings is 2. The molecule has 3 rings (SSSR count).